The average Bonchev–Trinajstić information content (AvgIpc) is 2.39. The number of nitrogens with zero attached hydrogens (tertiary/aromatic N) is 2. The van der Waals surface area contributed by atoms with E-state index in [1.165, 1.54) is 6.07 Å². The molecular formula is C13H15ClN2O4. The maximum atomic E-state index is 11.2. The van der Waals surface area contributed by atoms with Crippen molar-refractivity contribution < 1.29 is 14.8 Å². The molecule has 1 saturated heterocycles. The Morgan fingerprint density at radius 1 is 1.45 bits per heavy atom. The Kier molecular flexibility index (Phi) is 3.85. The molecule has 1 N–H and O–H groups in total. The fourth-order valence-electron chi connectivity index (χ4n) is 2.37. The molecule has 108 valence electrons. The smallest absolute Gasteiger partial charge is 0.309 e. The second-order valence-corrected chi connectivity index (χ2v) is 5.68. The molecule has 1 fully saturated rings. The van der Waals surface area contributed by atoms with Crippen LogP contribution >= 0.6 is 11.6 Å². The number of anilines is 1. The molecule has 0 unspecified atom stereocenters. The van der Waals surface area contributed by atoms with Gasteiger partial charge in [0.05, 0.1) is 10.3 Å². The number of aliphatic carboxylic acids is 1. The largest absolute Gasteiger partial charge is 0.481 e. The molecule has 0 radical (unpaired) electrons. The quantitative estimate of drug-likeness (QED) is 0.685. The Hall–Kier alpha value is -1.82. The van der Waals surface area contributed by atoms with Crippen LogP contribution in [-0.4, -0.2) is 29.1 Å². The first-order chi connectivity index (χ1) is 9.33. The Morgan fingerprint density at radius 2 is 2.05 bits per heavy atom. The van der Waals surface area contributed by atoms with E-state index >= 15 is 0 Å². The zero-order chi connectivity index (χ0) is 14.9. The third kappa shape index (κ3) is 2.70. The van der Waals surface area contributed by atoms with Gasteiger partial charge in [0.2, 0.25) is 0 Å². The summed E-state index contributed by atoms with van der Waals surface area (Å²) in [6.45, 7) is 2.67. The maximum Gasteiger partial charge on any atom is 0.309 e. The van der Waals surface area contributed by atoms with Crippen molar-refractivity contribution in [2.75, 3.05) is 18.0 Å². The zero-order valence-electron chi connectivity index (χ0n) is 11.0. The number of benzene rings is 1. The highest BCUT2D eigenvalue weighted by molar-refractivity contribution is 6.30. The summed E-state index contributed by atoms with van der Waals surface area (Å²) in [6.07, 6.45) is 0.921. The second-order valence-electron chi connectivity index (χ2n) is 5.24. The minimum absolute atomic E-state index is 0.0450. The zero-order valence-corrected chi connectivity index (χ0v) is 11.8. The second kappa shape index (κ2) is 5.28. The number of hydrogen-bond acceptors (Lipinski definition) is 4. The van der Waals surface area contributed by atoms with Crippen LogP contribution in [0.5, 0.6) is 0 Å². The van der Waals surface area contributed by atoms with E-state index in [1.54, 1.807) is 19.1 Å². The first-order valence-electron chi connectivity index (χ1n) is 6.26. The molecule has 1 aromatic carbocycles. The molecule has 0 spiro atoms. The third-order valence-corrected chi connectivity index (χ3v) is 4.09. The number of nitro groups is 1. The van der Waals surface area contributed by atoms with Gasteiger partial charge in [-0.15, -0.1) is 0 Å². The fourth-order valence-corrected chi connectivity index (χ4v) is 2.53. The van der Waals surface area contributed by atoms with E-state index in [9.17, 15) is 20.0 Å². The third-order valence-electron chi connectivity index (χ3n) is 3.86. The van der Waals surface area contributed by atoms with Gasteiger partial charge >= 0.3 is 5.97 Å². The molecular weight excluding hydrogens is 284 g/mol. The summed E-state index contributed by atoms with van der Waals surface area (Å²) in [5.41, 5.74) is -0.305. The minimum atomic E-state index is -0.817. The van der Waals surface area contributed by atoms with Gasteiger partial charge in [0.1, 0.15) is 5.69 Å². The lowest BCUT2D eigenvalue weighted by Gasteiger charge is -2.37. The van der Waals surface area contributed by atoms with Gasteiger partial charge in [0.15, 0.2) is 0 Å². The lowest BCUT2D eigenvalue weighted by molar-refractivity contribution is -0.384. The highest BCUT2D eigenvalue weighted by Gasteiger charge is 2.38. The Labute approximate surface area is 121 Å². The number of carbonyl (C=O) groups is 1. The lowest BCUT2D eigenvalue weighted by atomic mass is 9.80. The number of rotatable bonds is 3. The molecule has 2 rings (SSSR count). The molecule has 0 atom stereocenters. The average molecular weight is 299 g/mol. The van der Waals surface area contributed by atoms with Crippen molar-refractivity contribution in [1.82, 2.24) is 0 Å². The van der Waals surface area contributed by atoms with Crippen molar-refractivity contribution in [1.29, 1.82) is 0 Å². The Bertz CT molecular complexity index is 553. The summed E-state index contributed by atoms with van der Waals surface area (Å²) in [5, 5.41) is 20.6. The van der Waals surface area contributed by atoms with Crippen LogP contribution < -0.4 is 4.90 Å². The van der Waals surface area contributed by atoms with Gasteiger partial charge in [0.25, 0.3) is 5.69 Å². The Morgan fingerprint density at radius 3 is 2.55 bits per heavy atom. The Balaban J connectivity index is 2.23. The van der Waals surface area contributed by atoms with Crippen molar-refractivity contribution in [3.63, 3.8) is 0 Å². The summed E-state index contributed by atoms with van der Waals surface area (Å²) in [7, 11) is 0. The van der Waals surface area contributed by atoms with Crippen LogP contribution in [0.2, 0.25) is 5.02 Å². The van der Waals surface area contributed by atoms with E-state index in [-0.39, 0.29) is 5.69 Å². The van der Waals surface area contributed by atoms with Crippen LogP contribution in [0.15, 0.2) is 18.2 Å². The number of halogens is 1. The van der Waals surface area contributed by atoms with Crippen molar-refractivity contribution in [3.05, 3.63) is 33.3 Å². The normalized spacial score (nSPS) is 17.8. The van der Waals surface area contributed by atoms with Crippen molar-refractivity contribution in [3.8, 4) is 0 Å². The lowest BCUT2D eigenvalue weighted by Crippen LogP contribution is -2.42. The summed E-state index contributed by atoms with van der Waals surface area (Å²) in [6, 6.07) is 4.54. The predicted octanol–water partition coefficient (Wildman–Crippen LogP) is 2.94. The molecule has 7 heteroatoms. The van der Waals surface area contributed by atoms with Crippen molar-refractivity contribution >= 4 is 28.9 Å². The molecule has 6 nitrogen and oxygen atoms in total. The van der Waals surface area contributed by atoms with Gasteiger partial charge in [-0.3, -0.25) is 14.9 Å². The fraction of sp³-hybridized carbons (Fsp3) is 0.462. The first-order valence-corrected chi connectivity index (χ1v) is 6.63. The molecule has 1 aromatic rings. The topological polar surface area (TPSA) is 83.7 Å². The number of hydrogen-bond donors (Lipinski definition) is 1. The molecule has 1 heterocycles. The number of carboxylic acid groups (broad SMARTS) is 1. The van der Waals surface area contributed by atoms with E-state index < -0.39 is 16.3 Å². The van der Waals surface area contributed by atoms with E-state index in [0.29, 0.717) is 36.6 Å². The van der Waals surface area contributed by atoms with Crippen LogP contribution in [0.1, 0.15) is 19.8 Å². The molecule has 0 amide bonds. The predicted molar refractivity (Wildman–Crippen MR) is 75.3 cm³/mol. The van der Waals surface area contributed by atoms with Gasteiger partial charge in [-0.1, -0.05) is 11.6 Å². The number of carboxylic acids is 1. The minimum Gasteiger partial charge on any atom is -0.481 e. The van der Waals surface area contributed by atoms with Crippen LogP contribution in [-0.2, 0) is 4.79 Å². The van der Waals surface area contributed by atoms with Crippen LogP contribution in [0.25, 0.3) is 0 Å². The number of nitro benzene ring substituents is 1. The van der Waals surface area contributed by atoms with Crippen molar-refractivity contribution in [2.45, 2.75) is 19.8 Å². The van der Waals surface area contributed by atoms with Gasteiger partial charge in [-0.25, -0.2) is 0 Å². The standard InChI is InChI=1S/C13H15ClN2O4/c1-13(12(17)18)4-6-15(7-5-13)10-3-2-9(14)8-11(10)16(19)20/h2-3,8H,4-7H2,1H3,(H,17,18). The van der Waals surface area contributed by atoms with Crippen molar-refractivity contribution in [2.24, 2.45) is 5.41 Å². The molecule has 1 aliphatic heterocycles. The van der Waals surface area contributed by atoms with Gasteiger partial charge in [0, 0.05) is 24.2 Å². The summed E-state index contributed by atoms with van der Waals surface area (Å²) in [5.74, 6) is -0.817. The molecule has 0 bridgehead atoms. The van der Waals surface area contributed by atoms with Gasteiger partial charge in [-0.2, -0.15) is 0 Å². The molecule has 0 aliphatic carbocycles. The van der Waals surface area contributed by atoms with E-state index in [1.807, 2.05) is 4.90 Å². The first kappa shape index (κ1) is 14.6. The van der Waals surface area contributed by atoms with Crippen LogP contribution in [0, 0.1) is 15.5 Å². The molecule has 0 saturated carbocycles. The van der Waals surface area contributed by atoms with Crippen LogP contribution in [0.3, 0.4) is 0 Å². The summed E-state index contributed by atoms with van der Waals surface area (Å²) < 4.78 is 0. The molecule has 1 aliphatic rings. The van der Waals surface area contributed by atoms with E-state index in [0.717, 1.165) is 0 Å². The summed E-state index contributed by atoms with van der Waals surface area (Å²) in [4.78, 5) is 23.7. The van der Waals surface area contributed by atoms with E-state index in [2.05, 4.69) is 0 Å². The highest BCUT2D eigenvalue weighted by Crippen LogP contribution is 2.37. The van der Waals surface area contributed by atoms with E-state index in [4.69, 9.17) is 11.6 Å². The molecule has 20 heavy (non-hydrogen) atoms. The molecule has 0 aromatic heterocycles. The van der Waals surface area contributed by atoms with Crippen LogP contribution in [0.4, 0.5) is 11.4 Å². The van der Waals surface area contributed by atoms with Gasteiger partial charge < -0.3 is 10.0 Å². The summed E-state index contributed by atoms with van der Waals surface area (Å²) >= 11 is 5.79. The highest BCUT2D eigenvalue weighted by atomic mass is 35.5. The SMILES string of the molecule is CC1(C(=O)O)CCN(c2ccc(Cl)cc2[N+](=O)[O-])CC1. The van der Waals surface area contributed by atoms with Gasteiger partial charge in [-0.05, 0) is 31.9 Å². The maximum absolute atomic E-state index is 11.2. The number of piperidine rings is 1. The monoisotopic (exact) mass is 298 g/mol.